The second-order valence-corrected chi connectivity index (χ2v) is 7.84. The third-order valence-electron chi connectivity index (χ3n) is 5.37. The number of furan rings is 1. The zero-order valence-corrected chi connectivity index (χ0v) is 15.7. The first kappa shape index (κ1) is 17.8. The zero-order chi connectivity index (χ0) is 18.8. The maximum absolute atomic E-state index is 12.1. The Morgan fingerprint density at radius 2 is 1.85 bits per heavy atom. The second-order valence-electron chi connectivity index (χ2n) is 7.84. The van der Waals surface area contributed by atoms with E-state index in [9.17, 15) is 9.59 Å². The number of amides is 2. The SMILES string of the molecule is C[C@@H]1C[C@H]1c1ccc(CCC(=O)NCc2ccc(C(=O)NC3CC3)cc2)o1. The van der Waals surface area contributed by atoms with Crippen molar-refractivity contribution in [3.63, 3.8) is 0 Å². The standard InChI is InChI=1S/C22H26N2O3/c1-14-12-19(14)20-10-8-18(27-20)9-11-21(25)23-13-15-2-4-16(5-3-15)22(26)24-17-6-7-17/h2-5,8,10,14,17,19H,6-7,9,11-13H2,1H3,(H,23,25)(H,24,26)/t14-,19-/m1/s1. The summed E-state index contributed by atoms with van der Waals surface area (Å²) in [6.45, 7) is 2.69. The molecule has 5 nitrogen and oxygen atoms in total. The summed E-state index contributed by atoms with van der Waals surface area (Å²) in [5.74, 6) is 3.21. The molecular formula is C22H26N2O3. The van der Waals surface area contributed by atoms with Crippen molar-refractivity contribution in [3.05, 3.63) is 59.0 Å². The van der Waals surface area contributed by atoms with Gasteiger partial charge in [0.25, 0.3) is 5.91 Å². The lowest BCUT2D eigenvalue weighted by atomic mass is 10.1. The molecule has 2 N–H and O–H groups in total. The van der Waals surface area contributed by atoms with E-state index in [2.05, 4.69) is 17.6 Å². The van der Waals surface area contributed by atoms with Gasteiger partial charge in [-0.25, -0.2) is 0 Å². The van der Waals surface area contributed by atoms with E-state index in [1.165, 1.54) is 6.42 Å². The molecule has 2 aliphatic carbocycles. The lowest BCUT2D eigenvalue weighted by Gasteiger charge is -2.07. The van der Waals surface area contributed by atoms with Gasteiger partial charge in [0.2, 0.25) is 5.91 Å². The Kier molecular flexibility index (Phi) is 5.01. The maximum Gasteiger partial charge on any atom is 0.251 e. The average Bonchev–Trinajstić information content (AvgIpc) is 3.58. The molecule has 0 saturated heterocycles. The number of carbonyl (C=O) groups is 2. The lowest BCUT2D eigenvalue weighted by Crippen LogP contribution is -2.25. The highest BCUT2D eigenvalue weighted by atomic mass is 16.3. The van der Waals surface area contributed by atoms with Crippen LogP contribution in [0.3, 0.4) is 0 Å². The predicted molar refractivity (Wildman–Crippen MR) is 102 cm³/mol. The van der Waals surface area contributed by atoms with Crippen LogP contribution in [0.5, 0.6) is 0 Å². The summed E-state index contributed by atoms with van der Waals surface area (Å²) in [5, 5.41) is 5.90. The third-order valence-corrected chi connectivity index (χ3v) is 5.37. The van der Waals surface area contributed by atoms with Gasteiger partial charge in [-0.05, 0) is 55.0 Å². The topological polar surface area (TPSA) is 71.3 Å². The van der Waals surface area contributed by atoms with Crippen LogP contribution in [-0.4, -0.2) is 17.9 Å². The summed E-state index contributed by atoms with van der Waals surface area (Å²) < 4.78 is 5.84. The number of nitrogens with one attached hydrogen (secondary N) is 2. The molecule has 142 valence electrons. The van der Waals surface area contributed by atoms with Gasteiger partial charge in [-0.15, -0.1) is 0 Å². The number of carbonyl (C=O) groups excluding carboxylic acids is 2. The third kappa shape index (κ3) is 4.79. The van der Waals surface area contributed by atoms with E-state index in [0.29, 0.717) is 36.9 Å². The van der Waals surface area contributed by atoms with E-state index in [1.54, 1.807) is 0 Å². The highest BCUT2D eigenvalue weighted by molar-refractivity contribution is 5.94. The molecule has 2 atom stereocenters. The molecule has 2 fully saturated rings. The molecule has 0 bridgehead atoms. The van der Waals surface area contributed by atoms with Crippen LogP contribution in [0.4, 0.5) is 0 Å². The van der Waals surface area contributed by atoms with Crippen molar-refractivity contribution in [2.75, 3.05) is 0 Å². The molecule has 0 radical (unpaired) electrons. The zero-order valence-electron chi connectivity index (χ0n) is 15.7. The Morgan fingerprint density at radius 1 is 1.11 bits per heavy atom. The van der Waals surface area contributed by atoms with Gasteiger partial charge in [-0.2, -0.15) is 0 Å². The van der Waals surface area contributed by atoms with E-state index in [1.807, 2.05) is 36.4 Å². The normalized spacial score (nSPS) is 20.9. The minimum atomic E-state index is -0.0218. The highest BCUT2D eigenvalue weighted by Gasteiger charge is 2.36. The van der Waals surface area contributed by atoms with Crippen LogP contribution >= 0.6 is 0 Å². The van der Waals surface area contributed by atoms with Gasteiger partial charge in [-0.1, -0.05) is 19.1 Å². The van der Waals surface area contributed by atoms with Crippen LogP contribution in [0.25, 0.3) is 0 Å². The van der Waals surface area contributed by atoms with Crippen molar-refractivity contribution in [2.45, 2.75) is 57.5 Å². The van der Waals surface area contributed by atoms with Crippen LogP contribution in [0, 0.1) is 5.92 Å². The van der Waals surface area contributed by atoms with Gasteiger partial charge in [0.15, 0.2) is 0 Å². The van der Waals surface area contributed by atoms with Gasteiger partial charge in [-0.3, -0.25) is 9.59 Å². The number of benzene rings is 1. The maximum atomic E-state index is 12.1. The summed E-state index contributed by atoms with van der Waals surface area (Å²) in [6.07, 6.45) is 4.39. The Labute approximate surface area is 159 Å². The Bertz CT molecular complexity index is 820. The fraction of sp³-hybridized carbons (Fsp3) is 0.455. The molecule has 2 saturated carbocycles. The molecule has 1 aromatic carbocycles. The minimum Gasteiger partial charge on any atom is -0.466 e. The van der Waals surface area contributed by atoms with Gasteiger partial charge in [0, 0.05) is 36.9 Å². The van der Waals surface area contributed by atoms with E-state index >= 15 is 0 Å². The predicted octanol–water partition coefficient (Wildman–Crippen LogP) is 3.54. The molecule has 27 heavy (non-hydrogen) atoms. The highest BCUT2D eigenvalue weighted by Crippen LogP contribution is 2.47. The van der Waals surface area contributed by atoms with Crippen LogP contribution in [0.2, 0.25) is 0 Å². The number of hydrogen-bond donors (Lipinski definition) is 2. The van der Waals surface area contributed by atoms with Gasteiger partial charge < -0.3 is 15.1 Å². The van der Waals surface area contributed by atoms with Crippen LogP contribution < -0.4 is 10.6 Å². The summed E-state index contributed by atoms with van der Waals surface area (Å²) in [7, 11) is 0. The van der Waals surface area contributed by atoms with Crippen molar-refractivity contribution >= 4 is 11.8 Å². The molecule has 2 aliphatic rings. The molecule has 2 aromatic rings. The first-order chi connectivity index (χ1) is 13.1. The Hall–Kier alpha value is -2.56. The monoisotopic (exact) mass is 366 g/mol. The van der Waals surface area contributed by atoms with Crippen LogP contribution in [-0.2, 0) is 17.8 Å². The molecular weight excluding hydrogens is 340 g/mol. The molecule has 1 heterocycles. The van der Waals surface area contributed by atoms with E-state index in [-0.39, 0.29) is 11.8 Å². The van der Waals surface area contributed by atoms with E-state index < -0.39 is 0 Å². The average molecular weight is 366 g/mol. The van der Waals surface area contributed by atoms with Crippen molar-refractivity contribution in [1.29, 1.82) is 0 Å². The summed E-state index contributed by atoms with van der Waals surface area (Å²) in [5.41, 5.74) is 1.64. The first-order valence-corrected chi connectivity index (χ1v) is 9.83. The van der Waals surface area contributed by atoms with Crippen molar-refractivity contribution in [2.24, 2.45) is 5.92 Å². The van der Waals surface area contributed by atoms with Crippen LogP contribution in [0.1, 0.15) is 66.0 Å². The van der Waals surface area contributed by atoms with Gasteiger partial charge in [0.05, 0.1) is 0 Å². The summed E-state index contributed by atoms with van der Waals surface area (Å²) >= 11 is 0. The number of rotatable bonds is 8. The fourth-order valence-corrected chi connectivity index (χ4v) is 3.24. The Balaban J connectivity index is 1.19. The summed E-state index contributed by atoms with van der Waals surface area (Å²) in [6, 6.07) is 11.8. The molecule has 4 rings (SSSR count). The smallest absolute Gasteiger partial charge is 0.251 e. The Morgan fingerprint density at radius 3 is 2.52 bits per heavy atom. The van der Waals surface area contributed by atoms with E-state index in [0.717, 1.165) is 35.8 Å². The second kappa shape index (κ2) is 7.59. The van der Waals surface area contributed by atoms with Gasteiger partial charge >= 0.3 is 0 Å². The van der Waals surface area contributed by atoms with E-state index in [4.69, 9.17) is 4.42 Å². The van der Waals surface area contributed by atoms with Crippen molar-refractivity contribution < 1.29 is 14.0 Å². The van der Waals surface area contributed by atoms with Crippen molar-refractivity contribution in [3.8, 4) is 0 Å². The molecule has 0 unspecified atom stereocenters. The minimum absolute atomic E-state index is 0.00305. The fourth-order valence-electron chi connectivity index (χ4n) is 3.24. The molecule has 0 aliphatic heterocycles. The van der Waals surface area contributed by atoms with Gasteiger partial charge in [0.1, 0.15) is 11.5 Å². The first-order valence-electron chi connectivity index (χ1n) is 9.83. The molecule has 1 aromatic heterocycles. The lowest BCUT2D eigenvalue weighted by molar-refractivity contribution is -0.121. The quantitative estimate of drug-likeness (QED) is 0.751. The molecule has 0 spiro atoms. The largest absolute Gasteiger partial charge is 0.466 e. The van der Waals surface area contributed by atoms with Crippen molar-refractivity contribution in [1.82, 2.24) is 10.6 Å². The molecule has 5 heteroatoms. The summed E-state index contributed by atoms with van der Waals surface area (Å²) in [4.78, 5) is 24.0. The van der Waals surface area contributed by atoms with Crippen LogP contribution in [0.15, 0.2) is 40.8 Å². The number of aryl methyl sites for hydroxylation is 1. The number of hydrogen-bond acceptors (Lipinski definition) is 3. The molecule has 2 amide bonds.